The smallest absolute Gasteiger partial charge is 0.200 e. The van der Waals surface area contributed by atoms with Gasteiger partial charge in [0.1, 0.15) is 0 Å². The van der Waals surface area contributed by atoms with Crippen molar-refractivity contribution in [1.29, 1.82) is 0 Å². The molecule has 0 aliphatic heterocycles. The van der Waals surface area contributed by atoms with Gasteiger partial charge in [0.05, 0.1) is 14.2 Å². The summed E-state index contributed by atoms with van der Waals surface area (Å²) in [6.07, 6.45) is 6.14. The van der Waals surface area contributed by atoms with E-state index in [0.29, 0.717) is 11.5 Å². The molecule has 0 amide bonds. The lowest BCUT2D eigenvalue weighted by Crippen LogP contribution is -1.96. The van der Waals surface area contributed by atoms with E-state index in [4.69, 9.17) is 9.47 Å². The average Bonchev–Trinajstić information content (AvgIpc) is 2.27. The van der Waals surface area contributed by atoms with E-state index in [1.165, 1.54) is 14.2 Å². The van der Waals surface area contributed by atoms with Gasteiger partial charge in [0, 0.05) is 0 Å². The van der Waals surface area contributed by atoms with E-state index in [-0.39, 0.29) is 5.76 Å². The first-order chi connectivity index (χ1) is 5.79. The summed E-state index contributed by atoms with van der Waals surface area (Å²) in [5.41, 5.74) is 0. The summed E-state index contributed by atoms with van der Waals surface area (Å²) < 4.78 is 9.89. The Morgan fingerprint density at radius 2 is 2.08 bits per heavy atom. The van der Waals surface area contributed by atoms with Crippen molar-refractivity contribution in [3.05, 3.63) is 35.5 Å². The molecule has 0 saturated heterocycles. The fraction of sp³-hybridized carbons (Fsp3) is 0.333. The molecular weight excluding hydrogens is 156 g/mol. The van der Waals surface area contributed by atoms with Gasteiger partial charge in [-0.25, -0.2) is 0 Å². The van der Waals surface area contributed by atoms with Crippen molar-refractivity contribution in [2.75, 3.05) is 14.2 Å². The lowest BCUT2D eigenvalue weighted by atomic mass is 10.3. The van der Waals surface area contributed by atoms with Gasteiger partial charge in [0.2, 0.25) is 0 Å². The van der Waals surface area contributed by atoms with Gasteiger partial charge in [-0.1, -0.05) is 6.08 Å². The molecule has 0 atom stereocenters. The number of aliphatic hydroxyl groups excluding tert-OH is 1. The number of hydrogen-bond donors (Lipinski definition) is 1. The Morgan fingerprint density at radius 3 is 2.67 bits per heavy atom. The number of rotatable bonds is 2. The molecule has 0 aromatic heterocycles. The standard InChI is InChI=1S/C9H12O3/c1-11-7-5-3-4-6-8(12-2)9(7)10/h3,5-6,10H,4H2,1-2H3. The van der Waals surface area contributed by atoms with Crippen LogP contribution in [0.2, 0.25) is 0 Å². The van der Waals surface area contributed by atoms with Crippen LogP contribution in [0.5, 0.6) is 0 Å². The van der Waals surface area contributed by atoms with Crippen LogP contribution >= 0.6 is 0 Å². The fourth-order valence-electron chi connectivity index (χ4n) is 0.992. The maximum Gasteiger partial charge on any atom is 0.200 e. The summed E-state index contributed by atoms with van der Waals surface area (Å²) in [6, 6.07) is 0. The average molecular weight is 168 g/mol. The molecule has 0 unspecified atom stereocenters. The van der Waals surface area contributed by atoms with Gasteiger partial charge in [-0.3, -0.25) is 0 Å². The zero-order chi connectivity index (χ0) is 8.97. The van der Waals surface area contributed by atoms with Crippen LogP contribution in [0.25, 0.3) is 0 Å². The third-order valence-corrected chi connectivity index (χ3v) is 1.62. The van der Waals surface area contributed by atoms with Crippen molar-refractivity contribution in [3.8, 4) is 0 Å². The molecule has 3 heteroatoms. The largest absolute Gasteiger partial charge is 0.502 e. The summed E-state index contributed by atoms with van der Waals surface area (Å²) in [5.74, 6) is 0.936. The molecule has 1 rings (SSSR count). The lowest BCUT2D eigenvalue weighted by molar-refractivity contribution is 0.224. The molecule has 1 N–H and O–H groups in total. The molecule has 0 fully saturated rings. The number of ether oxygens (including phenoxy) is 2. The zero-order valence-electron chi connectivity index (χ0n) is 7.20. The van der Waals surface area contributed by atoms with Crippen LogP contribution in [0.4, 0.5) is 0 Å². The minimum absolute atomic E-state index is 0.0498. The Balaban J connectivity index is 2.99. The van der Waals surface area contributed by atoms with E-state index in [0.717, 1.165) is 6.42 Å². The van der Waals surface area contributed by atoms with Crippen molar-refractivity contribution in [1.82, 2.24) is 0 Å². The zero-order valence-corrected chi connectivity index (χ0v) is 7.20. The monoisotopic (exact) mass is 168 g/mol. The molecule has 0 aromatic carbocycles. The Morgan fingerprint density at radius 1 is 1.33 bits per heavy atom. The maximum absolute atomic E-state index is 9.52. The van der Waals surface area contributed by atoms with Crippen LogP contribution in [0.1, 0.15) is 6.42 Å². The number of allylic oxidation sites excluding steroid dienone is 3. The number of hydrogen-bond acceptors (Lipinski definition) is 3. The third-order valence-electron chi connectivity index (χ3n) is 1.62. The molecule has 0 radical (unpaired) electrons. The van der Waals surface area contributed by atoms with Gasteiger partial charge in [-0.05, 0) is 18.6 Å². The first kappa shape index (κ1) is 8.71. The molecule has 0 saturated carbocycles. The van der Waals surface area contributed by atoms with Gasteiger partial charge in [-0.15, -0.1) is 0 Å². The summed E-state index contributed by atoms with van der Waals surface area (Å²) in [4.78, 5) is 0. The second-order valence-corrected chi connectivity index (χ2v) is 2.33. The third kappa shape index (κ3) is 1.61. The van der Waals surface area contributed by atoms with E-state index in [2.05, 4.69) is 0 Å². The first-order valence-electron chi connectivity index (χ1n) is 3.68. The topological polar surface area (TPSA) is 38.7 Å². The van der Waals surface area contributed by atoms with Crippen LogP contribution in [0.15, 0.2) is 35.5 Å². The number of methoxy groups -OCH3 is 2. The van der Waals surface area contributed by atoms with Crippen molar-refractivity contribution < 1.29 is 14.6 Å². The van der Waals surface area contributed by atoms with Crippen molar-refractivity contribution in [2.45, 2.75) is 6.42 Å². The van der Waals surface area contributed by atoms with Crippen molar-refractivity contribution >= 4 is 0 Å². The van der Waals surface area contributed by atoms with Gasteiger partial charge in [-0.2, -0.15) is 0 Å². The first-order valence-corrected chi connectivity index (χ1v) is 3.68. The summed E-state index contributed by atoms with van der Waals surface area (Å²) >= 11 is 0. The number of aliphatic hydroxyl groups is 1. The summed E-state index contributed by atoms with van der Waals surface area (Å²) in [6.45, 7) is 0. The van der Waals surface area contributed by atoms with E-state index in [9.17, 15) is 5.11 Å². The highest BCUT2D eigenvalue weighted by atomic mass is 16.5. The molecule has 0 heterocycles. The Bertz CT molecular complexity index is 248. The molecule has 3 nitrogen and oxygen atoms in total. The van der Waals surface area contributed by atoms with E-state index in [1.54, 1.807) is 12.2 Å². The molecule has 0 aromatic rings. The molecule has 1 aliphatic rings. The minimum atomic E-state index is 0.0498. The van der Waals surface area contributed by atoms with Gasteiger partial charge >= 0.3 is 0 Å². The highest BCUT2D eigenvalue weighted by molar-refractivity contribution is 5.31. The van der Waals surface area contributed by atoms with E-state index >= 15 is 0 Å². The fourth-order valence-corrected chi connectivity index (χ4v) is 0.992. The lowest BCUT2D eigenvalue weighted by Gasteiger charge is -2.06. The molecule has 12 heavy (non-hydrogen) atoms. The predicted molar refractivity (Wildman–Crippen MR) is 45.5 cm³/mol. The Hall–Kier alpha value is -1.38. The Labute approximate surface area is 71.6 Å². The second-order valence-electron chi connectivity index (χ2n) is 2.33. The maximum atomic E-state index is 9.52. The molecular formula is C9H12O3. The van der Waals surface area contributed by atoms with Crippen molar-refractivity contribution in [2.24, 2.45) is 0 Å². The van der Waals surface area contributed by atoms with Crippen LogP contribution in [0.3, 0.4) is 0 Å². The predicted octanol–water partition coefficient (Wildman–Crippen LogP) is 1.89. The highest BCUT2D eigenvalue weighted by Gasteiger charge is 2.10. The Kier molecular flexibility index (Phi) is 2.80. The SMILES string of the molecule is COC1=CCC=CC(OC)=C1O. The molecule has 0 spiro atoms. The van der Waals surface area contributed by atoms with Crippen LogP contribution < -0.4 is 0 Å². The van der Waals surface area contributed by atoms with E-state index < -0.39 is 0 Å². The van der Waals surface area contributed by atoms with Gasteiger partial charge in [0.25, 0.3) is 0 Å². The molecule has 0 bridgehead atoms. The summed E-state index contributed by atoms with van der Waals surface area (Å²) in [7, 11) is 3.02. The highest BCUT2D eigenvalue weighted by Crippen LogP contribution is 2.18. The molecule has 1 aliphatic carbocycles. The van der Waals surface area contributed by atoms with E-state index in [1.807, 2.05) is 6.08 Å². The molecule has 66 valence electrons. The normalized spacial score (nSPS) is 17.0. The van der Waals surface area contributed by atoms with Crippen molar-refractivity contribution in [3.63, 3.8) is 0 Å². The van der Waals surface area contributed by atoms with Crippen LogP contribution in [-0.2, 0) is 9.47 Å². The van der Waals surface area contributed by atoms with Gasteiger partial charge in [0.15, 0.2) is 17.3 Å². The van der Waals surface area contributed by atoms with Crippen LogP contribution in [-0.4, -0.2) is 19.3 Å². The van der Waals surface area contributed by atoms with Crippen LogP contribution in [0, 0.1) is 0 Å². The van der Waals surface area contributed by atoms with Gasteiger partial charge < -0.3 is 14.6 Å². The summed E-state index contributed by atoms with van der Waals surface area (Å²) in [5, 5.41) is 9.52. The minimum Gasteiger partial charge on any atom is -0.502 e. The quantitative estimate of drug-likeness (QED) is 0.684. The second kappa shape index (κ2) is 3.85.